The van der Waals surface area contributed by atoms with Crippen molar-refractivity contribution in [3.63, 3.8) is 0 Å². The van der Waals surface area contributed by atoms with E-state index in [0.29, 0.717) is 12.5 Å². The molecule has 4 nitrogen and oxygen atoms in total. The Balaban J connectivity index is 2.28. The molecule has 0 bridgehead atoms. The lowest BCUT2D eigenvalue weighted by Gasteiger charge is -2.28. The molecule has 2 rings (SSSR count). The van der Waals surface area contributed by atoms with E-state index in [-0.39, 0.29) is 18.4 Å². The van der Waals surface area contributed by atoms with E-state index in [0.717, 1.165) is 12.0 Å². The molecule has 1 N–H and O–H groups in total. The SMILES string of the molecule is CC(C)CCN1C(=O)C[C@@H](C(=O)O)[C@@H]1c1ccccc1. The van der Waals surface area contributed by atoms with Gasteiger partial charge in [0.05, 0.1) is 12.0 Å². The van der Waals surface area contributed by atoms with Crippen molar-refractivity contribution in [2.75, 3.05) is 6.54 Å². The van der Waals surface area contributed by atoms with E-state index in [4.69, 9.17) is 0 Å². The highest BCUT2D eigenvalue weighted by molar-refractivity contribution is 5.87. The number of carbonyl (C=O) groups excluding carboxylic acids is 1. The van der Waals surface area contributed by atoms with E-state index in [1.54, 1.807) is 4.90 Å². The topological polar surface area (TPSA) is 57.6 Å². The second-order valence-corrected chi connectivity index (χ2v) is 5.77. The molecule has 0 aliphatic carbocycles. The van der Waals surface area contributed by atoms with Crippen LogP contribution in [0, 0.1) is 11.8 Å². The molecule has 4 heteroatoms. The number of aliphatic carboxylic acids is 1. The van der Waals surface area contributed by atoms with Crippen molar-refractivity contribution in [1.82, 2.24) is 4.90 Å². The number of benzene rings is 1. The van der Waals surface area contributed by atoms with Gasteiger partial charge in [-0.2, -0.15) is 0 Å². The van der Waals surface area contributed by atoms with Crippen LogP contribution in [0.1, 0.15) is 38.3 Å². The van der Waals surface area contributed by atoms with Gasteiger partial charge in [0, 0.05) is 13.0 Å². The molecule has 1 aliphatic heterocycles. The number of likely N-dealkylation sites (tertiary alicyclic amines) is 1. The minimum absolute atomic E-state index is 0.0492. The van der Waals surface area contributed by atoms with E-state index < -0.39 is 11.9 Å². The van der Waals surface area contributed by atoms with Gasteiger partial charge in [-0.15, -0.1) is 0 Å². The molecule has 1 heterocycles. The first-order valence-corrected chi connectivity index (χ1v) is 7.08. The summed E-state index contributed by atoms with van der Waals surface area (Å²) in [6.07, 6.45) is 0.994. The van der Waals surface area contributed by atoms with Crippen LogP contribution in [0.4, 0.5) is 0 Å². The van der Waals surface area contributed by atoms with Gasteiger partial charge in [0.25, 0.3) is 0 Å². The Kier molecular flexibility index (Phi) is 4.42. The van der Waals surface area contributed by atoms with Gasteiger partial charge in [0.15, 0.2) is 0 Å². The van der Waals surface area contributed by atoms with Crippen LogP contribution in [0.15, 0.2) is 30.3 Å². The van der Waals surface area contributed by atoms with E-state index in [2.05, 4.69) is 13.8 Å². The fourth-order valence-corrected chi connectivity index (χ4v) is 2.74. The van der Waals surface area contributed by atoms with Crippen LogP contribution >= 0.6 is 0 Å². The van der Waals surface area contributed by atoms with Crippen molar-refractivity contribution in [1.29, 1.82) is 0 Å². The highest BCUT2D eigenvalue weighted by Crippen LogP contribution is 2.38. The maximum absolute atomic E-state index is 12.1. The Bertz CT molecular complexity index is 484. The van der Waals surface area contributed by atoms with Crippen molar-refractivity contribution < 1.29 is 14.7 Å². The number of hydrogen-bond donors (Lipinski definition) is 1. The zero-order chi connectivity index (χ0) is 14.7. The third-order valence-corrected chi connectivity index (χ3v) is 3.84. The molecule has 1 saturated heterocycles. The van der Waals surface area contributed by atoms with Gasteiger partial charge < -0.3 is 10.0 Å². The summed E-state index contributed by atoms with van der Waals surface area (Å²) < 4.78 is 0. The van der Waals surface area contributed by atoms with E-state index in [9.17, 15) is 14.7 Å². The molecule has 108 valence electrons. The smallest absolute Gasteiger partial charge is 0.309 e. The quantitative estimate of drug-likeness (QED) is 0.899. The van der Waals surface area contributed by atoms with Crippen LogP contribution in [-0.2, 0) is 9.59 Å². The van der Waals surface area contributed by atoms with Crippen LogP contribution < -0.4 is 0 Å². The third-order valence-electron chi connectivity index (χ3n) is 3.84. The van der Waals surface area contributed by atoms with Crippen molar-refractivity contribution in [3.05, 3.63) is 35.9 Å². The summed E-state index contributed by atoms with van der Waals surface area (Å²) in [7, 11) is 0. The molecule has 0 saturated carbocycles. The first-order chi connectivity index (χ1) is 9.50. The number of rotatable bonds is 5. The largest absolute Gasteiger partial charge is 0.481 e. The minimum atomic E-state index is -0.890. The van der Waals surface area contributed by atoms with Crippen molar-refractivity contribution in [3.8, 4) is 0 Å². The van der Waals surface area contributed by atoms with E-state index in [1.807, 2.05) is 30.3 Å². The average molecular weight is 275 g/mol. The molecule has 1 aliphatic rings. The maximum Gasteiger partial charge on any atom is 0.309 e. The molecule has 2 atom stereocenters. The van der Waals surface area contributed by atoms with Gasteiger partial charge >= 0.3 is 5.97 Å². The molecule has 0 unspecified atom stereocenters. The molecule has 1 aromatic carbocycles. The Hall–Kier alpha value is -1.84. The monoisotopic (exact) mass is 275 g/mol. The number of hydrogen-bond acceptors (Lipinski definition) is 2. The molecule has 1 aromatic rings. The molecular formula is C16H21NO3. The summed E-state index contributed by atoms with van der Waals surface area (Å²) in [6, 6.07) is 9.15. The number of carbonyl (C=O) groups is 2. The predicted molar refractivity (Wildman–Crippen MR) is 76.1 cm³/mol. The molecule has 0 aromatic heterocycles. The highest BCUT2D eigenvalue weighted by Gasteiger charge is 2.44. The zero-order valence-electron chi connectivity index (χ0n) is 12.0. The van der Waals surface area contributed by atoms with Gasteiger partial charge in [-0.1, -0.05) is 44.2 Å². The van der Waals surface area contributed by atoms with Gasteiger partial charge in [0.2, 0.25) is 5.91 Å². The zero-order valence-corrected chi connectivity index (χ0v) is 12.0. The third kappa shape index (κ3) is 3.00. The number of amides is 1. The Morgan fingerprint density at radius 2 is 2.00 bits per heavy atom. The number of carboxylic acids is 1. The lowest BCUT2D eigenvalue weighted by molar-refractivity contribution is -0.142. The first kappa shape index (κ1) is 14.6. The van der Waals surface area contributed by atoms with Crippen LogP contribution in [0.3, 0.4) is 0 Å². The van der Waals surface area contributed by atoms with Gasteiger partial charge in [0.1, 0.15) is 0 Å². The molecule has 0 spiro atoms. The Morgan fingerprint density at radius 1 is 1.35 bits per heavy atom. The standard InChI is InChI=1S/C16H21NO3/c1-11(2)8-9-17-14(18)10-13(16(19)20)15(17)12-6-4-3-5-7-12/h3-7,11,13,15H,8-10H2,1-2H3,(H,19,20)/t13-,15+/m1/s1. The highest BCUT2D eigenvalue weighted by atomic mass is 16.4. The van der Waals surface area contributed by atoms with Gasteiger partial charge in [-0.3, -0.25) is 9.59 Å². The lowest BCUT2D eigenvalue weighted by Crippen LogP contribution is -2.32. The van der Waals surface area contributed by atoms with Crippen molar-refractivity contribution in [2.24, 2.45) is 11.8 Å². The molecule has 20 heavy (non-hydrogen) atoms. The summed E-state index contributed by atoms with van der Waals surface area (Å²) >= 11 is 0. The molecule has 1 amide bonds. The van der Waals surface area contributed by atoms with Crippen LogP contribution in [0.2, 0.25) is 0 Å². The second kappa shape index (κ2) is 6.07. The summed E-state index contributed by atoms with van der Waals surface area (Å²) in [5, 5.41) is 9.38. The fraction of sp³-hybridized carbons (Fsp3) is 0.500. The summed E-state index contributed by atoms with van der Waals surface area (Å²) in [4.78, 5) is 25.3. The van der Waals surface area contributed by atoms with Crippen LogP contribution in [0.5, 0.6) is 0 Å². The van der Waals surface area contributed by atoms with E-state index in [1.165, 1.54) is 0 Å². The van der Waals surface area contributed by atoms with Gasteiger partial charge in [-0.25, -0.2) is 0 Å². The maximum atomic E-state index is 12.1. The average Bonchev–Trinajstić information content (AvgIpc) is 2.74. The fourth-order valence-electron chi connectivity index (χ4n) is 2.74. The minimum Gasteiger partial charge on any atom is -0.481 e. The molecular weight excluding hydrogens is 254 g/mol. The Morgan fingerprint density at radius 3 is 2.55 bits per heavy atom. The van der Waals surface area contributed by atoms with Crippen LogP contribution in [0.25, 0.3) is 0 Å². The molecule has 1 fully saturated rings. The second-order valence-electron chi connectivity index (χ2n) is 5.77. The normalized spacial score (nSPS) is 22.6. The van der Waals surface area contributed by atoms with Crippen molar-refractivity contribution >= 4 is 11.9 Å². The molecule has 0 radical (unpaired) electrons. The van der Waals surface area contributed by atoms with Crippen LogP contribution in [-0.4, -0.2) is 28.4 Å². The summed E-state index contributed by atoms with van der Waals surface area (Å²) in [5.74, 6) is -1.09. The predicted octanol–water partition coefficient (Wildman–Crippen LogP) is 2.71. The first-order valence-electron chi connectivity index (χ1n) is 7.08. The van der Waals surface area contributed by atoms with E-state index >= 15 is 0 Å². The number of nitrogens with zero attached hydrogens (tertiary/aromatic N) is 1. The lowest BCUT2D eigenvalue weighted by atomic mass is 9.93. The van der Waals surface area contributed by atoms with Crippen molar-refractivity contribution in [2.45, 2.75) is 32.7 Å². The van der Waals surface area contributed by atoms with Gasteiger partial charge in [-0.05, 0) is 17.9 Å². The number of carboxylic acid groups (broad SMARTS) is 1. The summed E-state index contributed by atoms with van der Waals surface area (Å²) in [5.41, 5.74) is 0.912. The summed E-state index contributed by atoms with van der Waals surface area (Å²) in [6.45, 7) is 4.83. The Labute approximate surface area is 119 Å².